The Kier molecular flexibility index (Phi) is 15.1. The van der Waals surface area contributed by atoms with Gasteiger partial charge in [0.15, 0.2) is 0 Å². The number of halogens is 1. The molecule has 2 aromatic heterocycles. The average molecular weight is 729 g/mol. The SMILES string of the molecule is COc1nc(Cl)nc(Nc2ccc(/C=C/c3ccc(Nc4nc(OC)nc(OC)n4)cc3S(=O)(=O)[O-])c(S(=O)(=O)[O-])c2)n1.[K+].[K+]. The van der Waals surface area contributed by atoms with Gasteiger partial charge in [-0.2, -0.15) is 24.9 Å². The Morgan fingerprint density at radius 3 is 1.40 bits per heavy atom. The number of benzene rings is 2. The summed E-state index contributed by atoms with van der Waals surface area (Å²) in [4.78, 5) is 22.0. The molecule has 226 valence electrons. The molecule has 0 spiro atoms. The summed E-state index contributed by atoms with van der Waals surface area (Å²) in [6.07, 6.45) is 2.33. The number of methoxy groups -OCH3 is 3. The molecule has 2 N–H and O–H groups in total. The molecule has 4 aromatic rings. The monoisotopic (exact) mass is 728 g/mol. The van der Waals surface area contributed by atoms with Crippen molar-refractivity contribution < 1.29 is 143 Å². The van der Waals surface area contributed by atoms with Crippen LogP contribution in [0.1, 0.15) is 11.1 Å². The van der Waals surface area contributed by atoms with Crippen LogP contribution in [-0.2, 0) is 20.2 Å². The number of nitrogens with zero attached hydrogens (tertiary/aromatic N) is 6. The molecule has 0 bridgehead atoms. The van der Waals surface area contributed by atoms with Crippen LogP contribution in [0.2, 0.25) is 5.28 Å². The zero-order valence-electron chi connectivity index (χ0n) is 24.2. The Balaban J connectivity index is 0.00000353. The number of hydrogen-bond donors (Lipinski definition) is 2. The van der Waals surface area contributed by atoms with Crippen molar-refractivity contribution in [1.82, 2.24) is 29.9 Å². The van der Waals surface area contributed by atoms with Crippen molar-refractivity contribution in [2.75, 3.05) is 32.0 Å². The molecule has 22 heteroatoms. The van der Waals surface area contributed by atoms with E-state index in [1.54, 1.807) is 0 Å². The maximum Gasteiger partial charge on any atom is 1.00 e. The van der Waals surface area contributed by atoms with E-state index in [9.17, 15) is 25.9 Å². The molecule has 4 rings (SSSR count). The standard InChI is InChI=1S/C23H21ClN8O9S2.2K/c1-39-21-28-18(24)27-19(29-21)25-14-8-6-12(16(10-14)42(33,34)35)4-5-13-7-9-15(11-17(13)43(36,37)38)26-20-30-22(40-2)32-23(31-20)41-3;;/h4-11H,1-3H3,(H,33,34,35)(H,36,37,38)(H,25,27,28,29)(H,26,30,31,32);;/q;2*+1/p-2/b5-4+;;. The van der Waals surface area contributed by atoms with E-state index in [1.165, 1.54) is 45.6 Å². The summed E-state index contributed by atoms with van der Waals surface area (Å²) in [5.74, 6) is -0.166. The van der Waals surface area contributed by atoms with Crippen molar-refractivity contribution in [3.05, 3.63) is 52.8 Å². The van der Waals surface area contributed by atoms with Crippen molar-refractivity contribution in [2.45, 2.75) is 9.79 Å². The second kappa shape index (κ2) is 17.1. The fourth-order valence-electron chi connectivity index (χ4n) is 3.43. The van der Waals surface area contributed by atoms with Crippen LogP contribution in [0.25, 0.3) is 12.2 Å². The van der Waals surface area contributed by atoms with Gasteiger partial charge in [0, 0.05) is 11.4 Å². The van der Waals surface area contributed by atoms with Gasteiger partial charge in [-0.1, -0.05) is 24.3 Å². The zero-order chi connectivity index (χ0) is 31.4. The van der Waals surface area contributed by atoms with Crippen LogP contribution in [0, 0.1) is 0 Å². The van der Waals surface area contributed by atoms with Gasteiger partial charge >= 0.3 is 121 Å². The first-order chi connectivity index (χ1) is 20.3. The Hall–Kier alpha value is -1.42. The molecule has 2 heterocycles. The third-order valence-corrected chi connectivity index (χ3v) is 7.20. The molecule has 17 nitrogen and oxygen atoms in total. The molecular formula is C23H19ClK2N8O9S2. The molecule has 0 aliphatic carbocycles. The quantitative estimate of drug-likeness (QED) is 0.0854. The first kappa shape index (κ1) is 39.8. The van der Waals surface area contributed by atoms with Crippen LogP contribution < -0.4 is 128 Å². The Bertz CT molecular complexity index is 1920. The Labute approximate surface area is 347 Å². The first-order valence-corrected chi connectivity index (χ1v) is 14.7. The van der Waals surface area contributed by atoms with Crippen molar-refractivity contribution in [2.24, 2.45) is 0 Å². The number of aromatic nitrogens is 6. The third kappa shape index (κ3) is 11.1. The van der Waals surface area contributed by atoms with Crippen molar-refractivity contribution in [3.63, 3.8) is 0 Å². The number of nitrogens with one attached hydrogen (secondary N) is 2. The van der Waals surface area contributed by atoms with Crippen LogP contribution >= 0.6 is 11.6 Å². The number of rotatable bonds is 11. The van der Waals surface area contributed by atoms with Crippen molar-refractivity contribution in [3.8, 4) is 18.0 Å². The molecule has 2 aromatic carbocycles. The molecule has 0 aliphatic heterocycles. The largest absolute Gasteiger partial charge is 1.00 e. The fourth-order valence-corrected chi connectivity index (χ4v) is 4.97. The summed E-state index contributed by atoms with van der Waals surface area (Å²) >= 11 is 5.82. The van der Waals surface area contributed by atoms with E-state index < -0.39 is 30.0 Å². The van der Waals surface area contributed by atoms with Gasteiger partial charge in [-0.3, -0.25) is 0 Å². The van der Waals surface area contributed by atoms with Crippen LogP contribution in [-0.4, -0.2) is 77.2 Å². The van der Waals surface area contributed by atoms with E-state index in [0.717, 1.165) is 24.3 Å². The number of hydrogen-bond acceptors (Lipinski definition) is 17. The van der Waals surface area contributed by atoms with Gasteiger partial charge in [-0.05, 0) is 47.0 Å². The van der Waals surface area contributed by atoms with E-state index in [1.807, 2.05) is 0 Å². The number of ether oxygens (including phenoxy) is 3. The van der Waals surface area contributed by atoms with E-state index >= 15 is 0 Å². The maximum absolute atomic E-state index is 12.1. The molecule has 0 amide bonds. The summed E-state index contributed by atoms with van der Waals surface area (Å²) < 4.78 is 87.3. The van der Waals surface area contributed by atoms with Gasteiger partial charge in [0.25, 0.3) is 0 Å². The van der Waals surface area contributed by atoms with Crippen molar-refractivity contribution >= 4 is 67.3 Å². The predicted octanol–water partition coefficient (Wildman–Crippen LogP) is -3.79. The van der Waals surface area contributed by atoms with Gasteiger partial charge < -0.3 is 33.9 Å². The smallest absolute Gasteiger partial charge is 0.744 e. The third-order valence-electron chi connectivity index (χ3n) is 5.25. The average Bonchev–Trinajstić information content (AvgIpc) is 2.95. The Morgan fingerprint density at radius 1 is 0.644 bits per heavy atom. The molecular weight excluding hydrogens is 710 g/mol. The van der Waals surface area contributed by atoms with Gasteiger partial charge in [-0.15, -0.1) is 4.98 Å². The fraction of sp³-hybridized carbons (Fsp3) is 0.130. The molecule has 0 aliphatic rings. The minimum atomic E-state index is -5.04. The normalized spacial score (nSPS) is 11.2. The summed E-state index contributed by atoms with van der Waals surface area (Å²) in [6, 6.07) is 7.10. The summed E-state index contributed by atoms with van der Waals surface area (Å²) in [5.41, 5.74) is -0.00157. The van der Waals surface area contributed by atoms with Crippen LogP contribution in [0.15, 0.2) is 46.2 Å². The van der Waals surface area contributed by atoms with E-state index in [0.29, 0.717) is 0 Å². The van der Waals surface area contributed by atoms with Gasteiger partial charge in [0.2, 0.25) is 17.2 Å². The summed E-state index contributed by atoms with van der Waals surface area (Å²) in [7, 11) is -6.14. The maximum atomic E-state index is 12.1. The molecule has 0 unspecified atom stereocenters. The van der Waals surface area contributed by atoms with E-state index in [-0.39, 0.29) is 160 Å². The molecule has 0 saturated carbocycles. The number of anilines is 4. The molecule has 0 radical (unpaired) electrons. The summed E-state index contributed by atoms with van der Waals surface area (Å²) in [5, 5.41) is 5.21. The second-order valence-electron chi connectivity index (χ2n) is 8.04. The van der Waals surface area contributed by atoms with Crippen LogP contribution in [0.3, 0.4) is 0 Å². The van der Waals surface area contributed by atoms with Gasteiger partial charge in [0.1, 0.15) is 20.2 Å². The molecule has 0 fully saturated rings. The first-order valence-electron chi connectivity index (χ1n) is 11.5. The Morgan fingerprint density at radius 2 is 1.02 bits per heavy atom. The van der Waals surface area contributed by atoms with E-state index in [4.69, 9.17) is 25.8 Å². The van der Waals surface area contributed by atoms with Crippen LogP contribution in [0.4, 0.5) is 23.3 Å². The second-order valence-corrected chi connectivity index (χ2v) is 11.1. The van der Waals surface area contributed by atoms with E-state index in [2.05, 4.69) is 40.5 Å². The van der Waals surface area contributed by atoms with Gasteiger partial charge in [0.05, 0.1) is 31.1 Å². The predicted molar refractivity (Wildman–Crippen MR) is 149 cm³/mol. The molecule has 0 saturated heterocycles. The molecule has 45 heavy (non-hydrogen) atoms. The molecule has 0 atom stereocenters. The van der Waals surface area contributed by atoms with Crippen molar-refractivity contribution in [1.29, 1.82) is 0 Å². The minimum absolute atomic E-state index is 0. The van der Waals surface area contributed by atoms with Crippen LogP contribution in [0.5, 0.6) is 18.0 Å². The minimum Gasteiger partial charge on any atom is -0.744 e. The van der Waals surface area contributed by atoms with Gasteiger partial charge in [-0.25, -0.2) is 16.8 Å². The topological polar surface area (TPSA) is 243 Å². The zero-order valence-corrected chi connectivity index (χ0v) is 32.8. The summed E-state index contributed by atoms with van der Waals surface area (Å²) in [6.45, 7) is 0.